The number of halogens is 2. The van der Waals surface area contributed by atoms with Crippen molar-refractivity contribution in [2.24, 2.45) is 12.2 Å². The van der Waals surface area contributed by atoms with E-state index < -0.39 is 23.4 Å². The van der Waals surface area contributed by atoms with Gasteiger partial charge in [0.25, 0.3) is 0 Å². The van der Waals surface area contributed by atoms with Gasteiger partial charge in [0, 0.05) is 32.0 Å². The molecule has 3 aromatic heterocycles. The number of aryl methyl sites for hydroxylation is 1. The first-order valence-corrected chi connectivity index (χ1v) is 10.7. The first kappa shape index (κ1) is 24.9. The van der Waals surface area contributed by atoms with Crippen LogP contribution in [0.5, 0.6) is 11.5 Å². The number of anilines is 2. The van der Waals surface area contributed by atoms with Gasteiger partial charge in [0.05, 0.1) is 45.5 Å². The number of nitroso groups, excluding NO2 is 1. The first-order chi connectivity index (χ1) is 17.4. The van der Waals surface area contributed by atoms with Gasteiger partial charge in [0.2, 0.25) is 0 Å². The Kier molecular flexibility index (Phi) is 7.29. The molecule has 0 aliphatic rings. The highest BCUT2D eigenvalue weighted by molar-refractivity contribution is 5.77. The van der Waals surface area contributed by atoms with Crippen molar-refractivity contribution in [3.63, 3.8) is 0 Å². The van der Waals surface area contributed by atoms with Gasteiger partial charge in [0.1, 0.15) is 23.1 Å². The van der Waals surface area contributed by atoms with Crippen molar-refractivity contribution >= 4 is 22.7 Å². The highest BCUT2D eigenvalue weighted by atomic mass is 19.1. The molecule has 4 aromatic rings. The van der Waals surface area contributed by atoms with Crippen LogP contribution in [-0.2, 0) is 11.8 Å². The number of pyridine rings is 1. The predicted molar refractivity (Wildman–Crippen MR) is 127 cm³/mol. The average Bonchev–Trinajstić information content (AvgIpc) is 3.33. The van der Waals surface area contributed by atoms with Gasteiger partial charge in [-0.2, -0.15) is 10.0 Å². The molecule has 1 atom stereocenters. The van der Waals surface area contributed by atoms with Crippen molar-refractivity contribution in [2.75, 3.05) is 39.4 Å². The molecule has 0 saturated carbocycles. The number of benzene rings is 1. The fourth-order valence-electron chi connectivity index (χ4n) is 3.66. The van der Waals surface area contributed by atoms with Crippen LogP contribution in [0.2, 0.25) is 0 Å². The topological polar surface area (TPSA) is 117 Å². The van der Waals surface area contributed by atoms with Crippen LogP contribution in [0.25, 0.3) is 22.4 Å². The maximum Gasteiger partial charge on any atom is 0.191 e. The van der Waals surface area contributed by atoms with Crippen LogP contribution in [0.1, 0.15) is 0 Å². The van der Waals surface area contributed by atoms with Crippen molar-refractivity contribution < 1.29 is 23.0 Å². The summed E-state index contributed by atoms with van der Waals surface area (Å²) in [5.41, 5.74) is 1.38. The third-order valence-electron chi connectivity index (χ3n) is 5.39. The molecular weight excluding hydrogens is 476 g/mol. The molecule has 13 heteroatoms. The summed E-state index contributed by atoms with van der Waals surface area (Å²) in [5, 5.41) is 7.17. The molecule has 0 radical (unpaired) electrons. The van der Waals surface area contributed by atoms with Crippen LogP contribution in [0.4, 0.5) is 20.3 Å². The highest BCUT2D eigenvalue weighted by Crippen LogP contribution is 2.40. The van der Waals surface area contributed by atoms with E-state index in [2.05, 4.69) is 25.2 Å². The quantitative estimate of drug-likeness (QED) is 0.301. The summed E-state index contributed by atoms with van der Waals surface area (Å²) in [6.07, 6.45) is 4.98. The molecule has 0 aliphatic carbocycles. The number of rotatable bonds is 10. The molecule has 1 aromatic carbocycles. The van der Waals surface area contributed by atoms with E-state index in [1.807, 2.05) is 0 Å². The first-order valence-electron chi connectivity index (χ1n) is 10.7. The summed E-state index contributed by atoms with van der Waals surface area (Å²) < 4.78 is 47.7. The Hall–Kier alpha value is -4.26. The molecule has 36 heavy (non-hydrogen) atoms. The number of ether oxygens (including phenoxy) is 3. The van der Waals surface area contributed by atoms with Gasteiger partial charge in [0.15, 0.2) is 28.8 Å². The Labute approximate surface area is 204 Å². The van der Waals surface area contributed by atoms with Crippen molar-refractivity contribution in [1.29, 1.82) is 0 Å². The standard InChI is InChI=1S/C23H23F2N7O4/c1-31-10-13(8-27-31)16-9-26-15-5-6-19(29-23(15)28-16)32(11-14(30-33)12-34-2)22-20(24)17(35-3)7-18(36-4)21(22)25/h5-10,14H,11-12H2,1-4H3. The molecule has 0 saturated heterocycles. The molecule has 4 rings (SSSR count). The van der Waals surface area contributed by atoms with Crippen LogP contribution >= 0.6 is 0 Å². The molecule has 0 N–H and O–H groups in total. The average molecular weight is 499 g/mol. The SMILES string of the molecule is COCC(CN(c1ccc2ncc(-c3cnn(C)c3)nc2n1)c1c(F)c(OC)cc(OC)c1F)N=O. The minimum absolute atomic E-state index is 0.0805. The molecule has 3 heterocycles. The van der Waals surface area contributed by atoms with E-state index in [0.717, 1.165) is 11.6 Å². The van der Waals surface area contributed by atoms with E-state index >= 15 is 8.78 Å². The largest absolute Gasteiger partial charge is 0.493 e. The molecule has 188 valence electrons. The molecule has 0 bridgehead atoms. The summed E-state index contributed by atoms with van der Waals surface area (Å²) in [7, 11) is 5.65. The monoisotopic (exact) mass is 499 g/mol. The van der Waals surface area contributed by atoms with Gasteiger partial charge in [-0.05, 0) is 12.1 Å². The molecule has 0 spiro atoms. The fourth-order valence-corrected chi connectivity index (χ4v) is 3.66. The Bertz CT molecular complexity index is 1370. The summed E-state index contributed by atoms with van der Waals surface area (Å²) in [4.78, 5) is 26.1. The maximum absolute atomic E-state index is 15.5. The van der Waals surface area contributed by atoms with Crippen LogP contribution in [0.3, 0.4) is 0 Å². The summed E-state index contributed by atoms with van der Waals surface area (Å²) in [6, 6.07) is 3.24. The zero-order chi connectivity index (χ0) is 25.8. The van der Waals surface area contributed by atoms with E-state index in [1.165, 1.54) is 32.3 Å². The van der Waals surface area contributed by atoms with Gasteiger partial charge in [-0.25, -0.2) is 18.7 Å². The fraction of sp³-hybridized carbons (Fsp3) is 0.304. The van der Waals surface area contributed by atoms with Gasteiger partial charge in [-0.3, -0.25) is 9.67 Å². The summed E-state index contributed by atoms with van der Waals surface area (Å²) in [6.45, 7) is -0.335. The second-order valence-corrected chi connectivity index (χ2v) is 7.75. The van der Waals surface area contributed by atoms with Crippen molar-refractivity contribution in [3.8, 4) is 22.8 Å². The third-order valence-corrected chi connectivity index (χ3v) is 5.39. The Morgan fingerprint density at radius 1 is 1.08 bits per heavy atom. The van der Waals surface area contributed by atoms with Gasteiger partial charge in [-0.15, -0.1) is 0 Å². The summed E-state index contributed by atoms with van der Waals surface area (Å²) >= 11 is 0. The molecule has 0 amide bonds. The van der Waals surface area contributed by atoms with Gasteiger partial charge < -0.3 is 19.1 Å². The molecule has 0 aliphatic heterocycles. The highest BCUT2D eigenvalue weighted by Gasteiger charge is 2.29. The smallest absolute Gasteiger partial charge is 0.191 e. The minimum atomic E-state index is -1.00. The number of aromatic nitrogens is 5. The number of hydrogen-bond donors (Lipinski definition) is 0. The summed E-state index contributed by atoms with van der Waals surface area (Å²) in [5.74, 6) is -2.42. The van der Waals surface area contributed by atoms with Gasteiger partial charge in [-0.1, -0.05) is 5.18 Å². The molecule has 1 unspecified atom stereocenters. The lowest BCUT2D eigenvalue weighted by Gasteiger charge is -2.27. The number of fused-ring (bicyclic) bond motifs is 1. The van der Waals surface area contributed by atoms with E-state index in [0.29, 0.717) is 11.2 Å². The van der Waals surface area contributed by atoms with E-state index in [9.17, 15) is 4.91 Å². The van der Waals surface area contributed by atoms with Crippen LogP contribution in [-0.4, -0.2) is 65.3 Å². The minimum Gasteiger partial charge on any atom is -0.493 e. The third kappa shape index (κ3) is 4.77. The molecule has 11 nitrogen and oxygen atoms in total. The predicted octanol–water partition coefficient (Wildman–Crippen LogP) is 3.64. The molecule has 0 fully saturated rings. The normalized spacial score (nSPS) is 11.9. The number of hydrogen-bond acceptors (Lipinski definition) is 10. The zero-order valence-electron chi connectivity index (χ0n) is 20.0. The van der Waals surface area contributed by atoms with Crippen molar-refractivity contribution in [1.82, 2.24) is 24.7 Å². The lowest BCUT2D eigenvalue weighted by molar-refractivity contribution is 0.182. The second kappa shape index (κ2) is 10.6. The van der Waals surface area contributed by atoms with Gasteiger partial charge >= 0.3 is 0 Å². The van der Waals surface area contributed by atoms with Crippen LogP contribution < -0.4 is 14.4 Å². The zero-order valence-corrected chi connectivity index (χ0v) is 20.0. The molecular formula is C23H23F2N7O4. The van der Waals surface area contributed by atoms with E-state index in [1.54, 1.807) is 36.4 Å². The van der Waals surface area contributed by atoms with Crippen LogP contribution in [0.15, 0.2) is 42.0 Å². The van der Waals surface area contributed by atoms with Crippen molar-refractivity contribution in [3.05, 3.63) is 53.3 Å². The van der Waals surface area contributed by atoms with Crippen molar-refractivity contribution in [2.45, 2.75) is 6.04 Å². The lowest BCUT2D eigenvalue weighted by atomic mass is 10.2. The lowest BCUT2D eigenvalue weighted by Crippen LogP contribution is -2.32. The number of methoxy groups -OCH3 is 3. The Morgan fingerprint density at radius 3 is 2.39 bits per heavy atom. The number of nitrogens with zero attached hydrogens (tertiary/aromatic N) is 7. The Balaban J connectivity index is 1.89. The second-order valence-electron chi connectivity index (χ2n) is 7.75. The Morgan fingerprint density at radius 2 is 1.81 bits per heavy atom. The van der Waals surface area contributed by atoms with Crippen LogP contribution in [0, 0.1) is 16.5 Å². The van der Waals surface area contributed by atoms with E-state index in [-0.39, 0.29) is 36.1 Å². The maximum atomic E-state index is 15.5. The van der Waals surface area contributed by atoms with E-state index in [4.69, 9.17) is 14.2 Å².